The highest BCUT2D eigenvalue weighted by Crippen LogP contribution is 2.33. The molecule has 0 saturated heterocycles. The van der Waals surface area contributed by atoms with Crippen LogP contribution in [-0.4, -0.2) is 16.5 Å². The third-order valence-electron chi connectivity index (χ3n) is 3.25. The molecule has 110 valence electrons. The van der Waals surface area contributed by atoms with Crippen molar-refractivity contribution in [3.63, 3.8) is 0 Å². The van der Waals surface area contributed by atoms with Crippen molar-refractivity contribution in [2.75, 3.05) is 11.9 Å². The minimum atomic E-state index is 0.496. The first-order chi connectivity index (χ1) is 9.61. The maximum Gasteiger partial charge on any atom is 0.225 e. The molecule has 2 aromatic rings. The van der Waals surface area contributed by atoms with Crippen molar-refractivity contribution in [2.24, 2.45) is 0 Å². The van der Waals surface area contributed by atoms with Gasteiger partial charge in [0.05, 0.1) is 0 Å². The number of nitrogens with one attached hydrogen (secondary N) is 1. The summed E-state index contributed by atoms with van der Waals surface area (Å²) in [6.07, 6.45) is 4.93. The standard InChI is InChI=1S/C15H22ClN3S/c1-4-5-6-7-8-17-15-18-13(16)11-9-12(10(2)3)20-14(11)19-15/h9-10H,4-8H2,1-3H3,(H,17,18,19). The Morgan fingerprint density at radius 3 is 2.75 bits per heavy atom. The van der Waals surface area contributed by atoms with Gasteiger partial charge in [0.25, 0.3) is 0 Å². The summed E-state index contributed by atoms with van der Waals surface area (Å²) in [4.78, 5) is 11.2. The van der Waals surface area contributed by atoms with E-state index in [9.17, 15) is 0 Å². The van der Waals surface area contributed by atoms with E-state index in [1.54, 1.807) is 11.3 Å². The number of anilines is 1. The predicted molar refractivity (Wildman–Crippen MR) is 89.1 cm³/mol. The van der Waals surface area contributed by atoms with Crippen molar-refractivity contribution in [1.82, 2.24) is 9.97 Å². The molecule has 0 unspecified atom stereocenters. The van der Waals surface area contributed by atoms with Crippen LogP contribution in [0.15, 0.2) is 6.07 Å². The Hall–Kier alpha value is -0.870. The number of hydrogen-bond donors (Lipinski definition) is 1. The lowest BCUT2D eigenvalue weighted by atomic mass is 10.2. The second-order valence-electron chi connectivity index (χ2n) is 5.35. The van der Waals surface area contributed by atoms with Gasteiger partial charge < -0.3 is 5.32 Å². The predicted octanol–water partition coefficient (Wildman–Crippen LogP) is 5.46. The van der Waals surface area contributed by atoms with E-state index < -0.39 is 0 Å². The molecule has 0 fully saturated rings. The van der Waals surface area contributed by atoms with Gasteiger partial charge >= 0.3 is 0 Å². The van der Waals surface area contributed by atoms with Gasteiger partial charge in [-0.2, -0.15) is 0 Å². The van der Waals surface area contributed by atoms with Gasteiger partial charge in [-0.3, -0.25) is 0 Å². The van der Waals surface area contributed by atoms with E-state index in [1.165, 1.54) is 24.1 Å². The van der Waals surface area contributed by atoms with Crippen LogP contribution in [0, 0.1) is 0 Å². The van der Waals surface area contributed by atoms with E-state index >= 15 is 0 Å². The summed E-state index contributed by atoms with van der Waals surface area (Å²) in [6, 6.07) is 2.11. The molecular formula is C15H22ClN3S. The molecule has 2 rings (SSSR count). The lowest BCUT2D eigenvalue weighted by molar-refractivity contribution is 0.683. The van der Waals surface area contributed by atoms with Crippen LogP contribution in [0.5, 0.6) is 0 Å². The zero-order valence-electron chi connectivity index (χ0n) is 12.4. The van der Waals surface area contributed by atoms with E-state index in [0.717, 1.165) is 23.2 Å². The number of fused-ring (bicyclic) bond motifs is 1. The molecule has 0 aromatic carbocycles. The average molecular weight is 312 g/mol. The minimum absolute atomic E-state index is 0.496. The van der Waals surface area contributed by atoms with Gasteiger partial charge in [0, 0.05) is 16.8 Å². The summed E-state index contributed by atoms with van der Waals surface area (Å²) >= 11 is 7.96. The maximum atomic E-state index is 6.26. The number of aromatic nitrogens is 2. The molecule has 0 aliphatic rings. The fourth-order valence-electron chi connectivity index (χ4n) is 2.02. The Balaban J connectivity index is 2.07. The van der Waals surface area contributed by atoms with Crippen LogP contribution in [0.3, 0.4) is 0 Å². The van der Waals surface area contributed by atoms with Crippen LogP contribution < -0.4 is 5.32 Å². The molecule has 3 nitrogen and oxygen atoms in total. The summed E-state index contributed by atoms with van der Waals surface area (Å²) in [5, 5.41) is 4.79. The summed E-state index contributed by atoms with van der Waals surface area (Å²) in [6.45, 7) is 7.48. The highest BCUT2D eigenvalue weighted by Gasteiger charge is 2.11. The molecule has 2 aromatic heterocycles. The van der Waals surface area contributed by atoms with Gasteiger partial charge in [0.1, 0.15) is 9.98 Å². The largest absolute Gasteiger partial charge is 0.354 e. The molecule has 1 N–H and O–H groups in total. The number of halogens is 1. The molecule has 20 heavy (non-hydrogen) atoms. The molecule has 0 atom stereocenters. The molecule has 0 aliphatic carbocycles. The van der Waals surface area contributed by atoms with Crippen LogP contribution in [-0.2, 0) is 0 Å². The molecule has 0 bridgehead atoms. The van der Waals surface area contributed by atoms with Crippen molar-refractivity contribution < 1.29 is 0 Å². The van der Waals surface area contributed by atoms with Crippen molar-refractivity contribution in [1.29, 1.82) is 0 Å². The summed E-state index contributed by atoms with van der Waals surface area (Å²) < 4.78 is 0. The molecule has 0 spiro atoms. The molecule has 0 radical (unpaired) electrons. The van der Waals surface area contributed by atoms with Crippen molar-refractivity contribution >= 4 is 39.1 Å². The van der Waals surface area contributed by atoms with Gasteiger partial charge in [-0.25, -0.2) is 9.97 Å². The van der Waals surface area contributed by atoms with Crippen LogP contribution in [0.1, 0.15) is 57.2 Å². The minimum Gasteiger partial charge on any atom is -0.354 e. The topological polar surface area (TPSA) is 37.8 Å². The summed E-state index contributed by atoms with van der Waals surface area (Å²) in [5.74, 6) is 1.15. The lowest BCUT2D eigenvalue weighted by Gasteiger charge is -2.04. The lowest BCUT2D eigenvalue weighted by Crippen LogP contribution is -2.05. The molecule has 0 saturated carbocycles. The zero-order chi connectivity index (χ0) is 14.5. The van der Waals surface area contributed by atoms with Crippen LogP contribution >= 0.6 is 22.9 Å². The van der Waals surface area contributed by atoms with E-state index in [4.69, 9.17) is 11.6 Å². The van der Waals surface area contributed by atoms with Crippen molar-refractivity contribution in [3.8, 4) is 0 Å². The molecule has 0 amide bonds. The normalized spacial score (nSPS) is 11.4. The monoisotopic (exact) mass is 311 g/mol. The Labute approximate surface area is 129 Å². The SMILES string of the molecule is CCCCCCNc1nc(Cl)c2cc(C(C)C)sc2n1. The third-order valence-corrected chi connectivity index (χ3v) is 4.87. The Morgan fingerprint density at radius 1 is 1.25 bits per heavy atom. The Morgan fingerprint density at radius 2 is 2.05 bits per heavy atom. The molecular weight excluding hydrogens is 290 g/mol. The zero-order valence-corrected chi connectivity index (χ0v) is 13.9. The van der Waals surface area contributed by atoms with Gasteiger partial charge in [-0.1, -0.05) is 51.6 Å². The number of rotatable bonds is 7. The van der Waals surface area contributed by atoms with Gasteiger partial charge in [0.15, 0.2) is 0 Å². The first-order valence-corrected chi connectivity index (χ1v) is 8.52. The highest BCUT2D eigenvalue weighted by molar-refractivity contribution is 7.18. The van der Waals surface area contributed by atoms with Gasteiger partial charge in [-0.15, -0.1) is 11.3 Å². The number of unbranched alkanes of at least 4 members (excludes halogenated alkanes) is 3. The highest BCUT2D eigenvalue weighted by atomic mass is 35.5. The van der Waals surface area contributed by atoms with E-state index in [1.807, 2.05) is 0 Å². The smallest absolute Gasteiger partial charge is 0.225 e. The Bertz CT molecular complexity index is 565. The van der Waals surface area contributed by atoms with Gasteiger partial charge in [-0.05, 0) is 18.4 Å². The first kappa shape index (κ1) is 15.5. The summed E-state index contributed by atoms with van der Waals surface area (Å²) in [7, 11) is 0. The van der Waals surface area contributed by atoms with E-state index in [-0.39, 0.29) is 0 Å². The average Bonchev–Trinajstić information content (AvgIpc) is 2.83. The van der Waals surface area contributed by atoms with Crippen LogP contribution in [0.2, 0.25) is 5.15 Å². The first-order valence-electron chi connectivity index (χ1n) is 7.32. The van der Waals surface area contributed by atoms with E-state index in [0.29, 0.717) is 17.0 Å². The van der Waals surface area contributed by atoms with E-state index in [2.05, 4.69) is 42.1 Å². The second-order valence-corrected chi connectivity index (χ2v) is 6.77. The number of thiophene rings is 1. The van der Waals surface area contributed by atoms with Crippen LogP contribution in [0.4, 0.5) is 5.95 Å². The van der Waals surface area contributed by atoms with Crippen LogP contribution in [0.25, 0.3) is 10.2 Å². The fourth-order valence-corrected chi connectivity index (χ4v) is 3.33. The summed E-state index contributed by atoms with van der Waals surface area (Å²) in [5.41, 5.74) is 0. The Kier molecular flexibility index (Phi) is 5.61. The maximum absolute atomic E-state index is 6.26. The van der Waals surface area contributed by atoms with Crippen molar-refractivity contribution in [2.45, 2.75) is 52.4 Å². The third kappa shape index (κ3) is 3.83. The van der Waals surface area contributed by atoms with Crippen molar-refractivity contribution in [3.05, 3.63) is 16.1 Å². The second kappa shape index (κ2) is 7.23. The molecule has 2 heterocycles. The quantitative estimate of drug-likeness (QED) is 0.545. The number of hydrogen-bond acceptors (Lipinski definition) is 4. The molecule has 0 aliphatic heterocycles. The fraction of sp³-hybridized carbons (Fsp3) is 0.600. The number of nitrogens with zero attached hydrogens (tertiary/aromatic N) is 2. The molecule has 5 heteroatoms. The van der Waals surface area contributed by atoms with Gasteiger partial charge in [0.2, 0.25) is 5.95 Å².